The number of benzene rings is 2. The Balaban J connectivity index is 1.54. The van der Waals surface area contributed by atoms with E-state index in [0.29, 0.717) is 22.6 Å². The van der Waals surface area contributed by atoms with E-state index in [1.807, 2.05) is 30.3 Å². The van der Waals surface area contributed by atoms with E-state index in [9.17, 15) is 9.59 Å². The van der Waals surface area contributed by atoms with Crippen LogP contribution in [0.25, 0.3) is 22.6 Å². The summed E-state index contributed by atoms with van der Waals surface area (Å²) in [4.78, 5) is 31.5. The number of nitrogens with zero attached hydrogens (tertiary/aromatic N) is 1. The van der Waals surface area contributed by atoms with Gasteiger partial charge in [0, 0.05) is 29.4 Å². The fourth-order valence-corrected chi connectivity index (χ4v) is 2.93. The molecule has 2 aromatic heterocycles. The molecule has 0 atom stereocenters. The minimum absolute atomic E-state index is 0.216. The smallest absolute Gasteiger partial charge is 0.286 e. The lowest BCUT2D eigenvalue weighted by Gasteiger charge is -2.08. The molecule has 0 fully saturated rings. The minimum atomic E-state index is -0.303. The van der Waals surface area contributed by atoms with Crippen LogP contribution in [-0.4, -0.2) is 28.8 Å². The third-order valence-electron chi connectivity index (χ3n) is 4.40. The van der Waals surface area contributed by atoms with Crippen molar-refractivity contribution in [1.82, 2.24) is 15.3 Å². The number of imidazole rings is 1. The monoisotopic (exact) mass is 386 g/mol. The molecular formula is C22H18N4O3. The average Bonchev–Trinajstić information content (AvgIpc) is 3.46. The first kappa shape index (κ1) is 18.2. The molecule has 4 aromatic rings. The molecule has 0 radical (unpaired) electrons. The van der Waals surface area contributed by atoms with Crippen LogP contribution in [0.3, 0.4) is 0 Å². The van der Waals surface area contributed by atoms with Gasteiger partial charge in [-0.25, -0.2) is 4.98 Å². The highest BCUT2D eigenvalue weighted by molar-refractivity contribution is 6.05. The van der Waals surface area contributed by atoms with Crippen LogP contribution in [0.2, 0.25) is 0 Å². The molecule has 0 aliphatic carbocycles. The van der Waals surface area contributed by atoms with E-state index < -0.39 is 0 Å². The van der Waals surface area contributed by atoms with Crippen LogP contribution in [0.5, 0.6) is 0 Å². The highest BCUT2D eigenvalue weighted by atomic mass is 16.3. The van der Waals surface area contributed by atoms with E-state index in [2.05, 4.69) is 20.6 Å². The van der Waals surface area contributed by atoms with Crippen LogP contribution >= 0.6 is 0 Å². The summed E-state index contributed by atoms with van der Waals surface area (Å²) in [6.07, 6.45) is 3.33. The van der Waals surface area contributed by atoms with E-state index in [0.717, 1.165) is 11.3 Å². The number of carbonyl (C=O) groups excluding carboxylic acids is 2. The van der Waals surface area contributed by atoms with Crippen molar-refractivity contribution in [2.75, 3.05) is 12.4 Å². The Hall–Kier alpha value is -4.13. The molecule has 0 aliphatic heterocycles. The lowest BCUT2D eigenvalue weighted by atomic mass is 10.1. The molecule has 0 saturated heterocycles. The number of amides is 2. The number of aromatic amines is 1. The lowest BCUT2D eigenvalue weighted by molar-refractivity contribution is 0.0935. The molecule has 2 heterocycles. The molecule has 4 rings (SSSR count). The molecule has 7 heteroatoms. The highest BCUT2D eigenvalue weighted by Gasteiger charge is 2.13. The number of hydrogen-bond acceptors (Lipinski definition) is 4. The number of rotatable bonds is 5. The number of carbonyl (C=O) groups is 2. The maximum Gasteiger partial charge on any atom is 0.286 e. The number of nitrogens with one attached hydrogen (secondary N) is 3. The van der Waals surface area contributed by atoms with Gasteiger partial charge in [0.15, 0.2) is 5.76 Å². The topological polar surface area (TPSA) is 100 Å². The summed E-state index contributed by atoms with van der Waals surface area (Å²) in [5.74, 6) is 0.182. The van der Waals surface area contributed by atoms with Gasteiger partial charge in [-0.05, 0) is 36.4 Å². The minimum Gasteiger partial charge on any atom is -0.451 e. The summed E-state index contributed by atoms with van der Waals surface area (Å²) in [6, 6.07) is 17.8. The van der Waals surface area contributed by atoms with Gasteiger partial charge in [-0.3, -0.25) is 9.59 Å². The van der Waals surface area contributed by atoms with Crippen molar-refractivity contribution in [3.63, 3.8) is 0 Å². The van der Waals surface area contributed by atoms with E-state index in [1.54, 1.807) is 42.9 Å². The Labute approximate surface area is 166 Å². The van der Waals surface area contributed by atoms with Crippen molar-refractivity contribution >= 4 is 17.5 Å². The van der Waals surface area contributed by atoms with E-state index >= 15 is 0 Å². The maximum absolute atomic E-state index is 12.7. The number of furan rings is 1. The van der Waals surface area contributed by atoms with Gasteiger partial charge in [0.2, 0.25) is 0 Å². The molecule has 0 spiro atoms. The fraction of sp³-hybridized carbons (Fsp3) is 0.0455. The van der Waals surface area contributed by atoms with Gasteiger partial charge in [0.05, 0.1) is 18.2 Å². The summed E-state index contributed by atoms with van der Waals surface area (Å²) in [5.41, 5.74) is 3.65. The van der Waals surface area contributed by atoms with Crippen molar-refractivity contribution < 1.29 is 14.0 Å². The second-order valence-corrected chi connectivity index (χ2v) is 6.32. The van der Waals surface area contributed by atoms with Crippen molar-refractivity contribution in [3.8, 4) is 22.6 Å². The first-order valence-corrected chi connectivity index (χ1v) is 8.96. The molecule has 2 amide bonds. The maximum atomic E-state index is 12.7. The van der Waals surface area contributed by atoms with Crippen LogP contribution in [0.4, 0.5) is 5.69 Å². The summed E-state index contributed by atoms with van der Waals surface area (Å²) < 4.78 is 5.58. The number of hydrogen-bond donors (Lipinski definition) is 3. The van der Waals surface area contributed by atoms with Crippen molar-refractivity contribution in [2.24, 2.45) is 0 Å². The van der Waals surface area contributed by atoms with Gasteiger partial charge < -0.3 is 20.0 Å². The summed E-state index contributed by atoms with van der Waals surface area (Å²) >= 11 is 0. The van der Waals surface area contributed by atoms with E-state index in [1.165, 1.54) is 7.05 Å². The fourth-order valence-electron chi connectivity index (χ4n) is 2.93. The second-order valence-electron chi connectivity index (χ2n) is 6.32. The van der Waals surface area contributed by atoms with Crippen LogP contribution in [0.1, 0.15) is 20.9 Å². The quantitative estimate of drug-likeness (QED) is 0.483. The predicted octanol–water partition coefficient (Wildman–Crippen LogP) is 3.95. The van der Waals surface area contributed by atoms with Gasteiger partial charge in [-0.15, -0.1) is 0 Å². The molecule has 2 aromatic carbocycles. The van der Waals surface area contributed by atoms with Crippen LogP contribution in [-0.2, 0) is 0 Å². The molecule has 0 aliphatic rings. The zero-order valence-corrected chi connectivity index (χ0v) is 15.6. The van der Waals surface area contributed by atoms with Crippen molar-refractivity contribution in [2.45, 2.75) is 0 Å². The van der Waals surface area contributed by atoms with Gasteiger partial charge in [-0.2, -0.15) is 0 Å². The van der Waals surface area contributed by atoms with Crippen molar-refractivity contribution in [3.05, 3.63) is 84.5 Å². The SMILES string of the molecule is CNC(=O)c1ccc(-c2cccc(C(=O)Nc3cccc(-c4cnc[nH]4)c3)c2)o1. The Bertz CT molecular complexity index is 1160. The molecule has 0 saturated carbocycles. The number of aromatic nitrogens is 2. The third kappa shape index (κ3) is 3.93. The molecule has 144 valence electrons. The summed E-state index contributed by atoms with van der Waals surface area (Å²) in [5, 5.41) is 5.42. The Morgan fingerprint density at radius 3 is 2.59 bits per heavy atom. The van der Waals surface area contributed by atoms with Crippen molar-refractivity contribution in [1.29, 1.82) is 0 Å². The Morgan fingerprint density at radius 1 is 0.966 bits per heavy atom. The second kappa shape index (κ2) is 7.85. The zero-order valence-electron chi connectivity index (χ0n) is 15.6. The normalized spacial score (nSPS) is 10.5. The summed E-state index contributed by atoms with van der Waals surface area (Å²) in [6.45, 7) is 0. The number of H-pyrrole nitrogens is 1. The zero-order chi connectivity index (χ0) is 20.2. The molecule has 0 bridgehead atoms. The Kier molecular flexibility index (Phi) is 4.94. The average molecular weight is 386 g/mol. The summed E-state index contributed by atoms with van der Waals surface area (Å²) in [7, 11) is 1.54. The highest BCUT2D eigenvalue weighted by Crippen LogP contribution is 2.24. The van der Waals surface area contributed by atoms with Gasteiger partial charge >= 0.3 is 0 Å². The molecule has 7 nitrogen and oxygen atoms in total. The molecule has 3 N–H and O–H groups in total. The van der Waals surface area contributed by atoms with Gasteiger partial charge in [0.25, 0.3) is 11.8 Å². The van der Waals surface area contributed by atoms with Crippen LogP contribution < -0.4 is 10.6 Å². The standard InChI is InChI=1S/C22H18N4O3/c1-23-22(28)20-9-8-19(29-20)15-5-2-6-16(10-15)21(27)26-17-7-3-4-14(11-17)18-12-24-13-25-18/h2-13H,1H3,(H,23,28)(H,24,25)(H,26,27). The van der Waals surface area contributed by atoms with Gasteiger partial charge in [-0.1, -0.05) is 24.3 Å². The van der Waals surface area contributed by atoms with Gasteiger partial charge in [0.1, 0.15) is 5.76 Å². The first-order valence-electron chi connectivity index (χ1n) is 8.96. The van der Waals surface area contributed by atoms with Crippen LogP contribution in [0, 0.1) is 0 Å². The van der Waals surface area contributed by atoms with Crippen LogP contribution in [0.15, 0.2) is 77.6 Å². The van der Waals surface area contributed by atoms with E-state index in [4.69, 9.17) is 4.42 Å². The molecule has 29 heavy (non-hydrogen) atoms. The lowest BCUT2D eigenvalue weighted by Crippen LogP contribution is -2.16. The van der Waals surface area contributed by atoms with E-state index in [-0.39, 0.29) is 17.6 Å². The number of anilines is 1. The molecular weight excluding hydrogens is 368 g/mol. The Morgan fingerprint density at radius 2 is 1.79 bits per heavy atom. The first-order chi connectivity index (χ1) is 14.1. The largest absolute Gasteiger partial charge is 0.451 e. The predicted molar refractivity (Wildman–Crippen MR) is 110 cm³/mol. The third-order valence-corrected chi connectivity index (χ3v) is 4.40. The molecule has 0 unspecified atom stereocenters.